The summed E-state index contributed by atoms with van der Waals surface area (Å²) in [7, 11) is 0. The largest absolute Gasteiger partial charge is 0.308 e. The van der Waals surface area contributed by atoms with Gasteiger partial charge in [0.25, 0.3) is 0 Å². The van der Waals surface area contributed by atoms with Crippen molar-refractivity contribution in [2.75, 3.05) is 0 Å². The standard InChI is InChI=1S/C18H24N2/c1-14-5-4-6-17(13-14)8-7-15(2)20-16(3)18-9-11-19-12-10-18/h4-6,9-13,15-16,20H,7-8H2,1-3H3/t15?,16-/m0/s1. The molecule has 2 heteroatoms. The van der Waals surface area contributed by atoms with Crippen molar-refractivity contribution in [1.29, 1.82) is 0 Å². The van der Waals surface area contributed by atoms with Gasteiger partial charge in [-0.25, -0.2) is 0 Å². The van der Waals surface area contributed by atoms with Crippen molar-refractivity contribution in [3.05, 3.63) is 65.5 Å². The number of hydrogen-bond acceptors (Lipinski definition) is 2. The van der Waals surface area contributed by atoms with Crippen molar-refractivity contribution in [2.45, 2.75) is 45.7 Å². The zero-order valence-electron chi connectivity index (χ0n) is 12.6. The van der Waals surface area contributed by atoms with Gasteiger partial charge >= 0.3 is 0 Å². The van der Waals surface area contributed by atoms with Gasteiger partial charge in [0.2, 0.25) is 0 Å². The molecule has 2 nitrogen and oxygen atoms in total. The highest BCUT2D eigenvalue weighted by Crippen LogP contribution is 2.13. The minimum atomic E-state index is 0.366. The van der Waals surface area contributed by atoms with Crippen molar-refractivity contribution >= 4 is 0 Å². The predicted molar refractivity (Wildman–Crippen MR) is 84.7 cm³/mol. The Morgan fingerprint density at radius 3 is 2.55 bits per heavy atom. The van der Waals surface area contributed by atoms with Crippen molar-refractivity contribution in [2.24, 2.45) is 0 Å². The molecule has 0 spiro atoms. The summed E-state index contributed by atoms with van der Waals surface area (Å²) >= 11 is 0. The number of aryl methyl sites for hydroxylation is 2. The first-order valence-corrected chi connectivity index (χ1v) is 7.36. The third-order valence-electron chi connectivity index (χ3n) is 3.69. The average Bonchev–Trinajstić information content (AvgIpc) is 2.46. The first-order valence-electron chi connectivity index (χ1n) is 7.36. The van der Waals surface area contributed by atoms with Crippen molar-refractivity contribution in [3.63, 3.8) is 0 Å². The summed E-state index contributed by atoms with van der Waals surface area (Å²) in [5.41, 5.74) is 4.06. The van der Waals surface area contributed by atoms with Crippen LogP contribution in [-0.4, -0.2) is 11.0 Å². The fraction of sp³-hybridized carbons (Fsp3) is 0.389. The summed E-state index contributed by atoms with van der Waals surface area (Å²) in [4.78, 5) is 4.06. The Hall–Kier alpha value is -1.67. The van der Waals surface area contributed by atoms with Gasteiger partial charge in [0.1, 0.15) is 0 Å². The number of benzene rings is 1. The quantitative estimate of drug-likeness (QED) is 0.854. The average molecular weight is 268 g/mol. The highest BCUT2D eigenvalue weighted by atomic mass is 14.9. The third kappa shape index (κ3) is 4.46. The maximum absolute atomic E-state index is 4.06. The Labute approximate surface area is 122 Å². The lowest BCUT2D eigenvalue weighted by Crippen LogP contribution is -2.29. The number of aromatic nitrogens is 1. The van der Waals surface area contributed by atoms with E-state index in [2.05, 4.69) is 67.5 Å². The van der Waals surface area contributed by atoms with Crippen molar-refractivity contribution in [3.8, 4) is 0 Å². The molecule has 1 heterocycles. The molecule has 0 radical (unpaired) electrons. The summed E-state index contributed by atoms with van der Waals surface area (Å²) in [6, 6.07) is 13.8. The zero-order chi connectivity index (χ0) is 14.4. The SMILES string of the molecule is Cc1cccc(CCC(C)N[C@@H](C)c2ccncc2)c1. The zero-order valence-corrected chi connectivity index (χ0v) is 12.6. The molecule has 2 aromatic rings. The predicted octanol–water partition coefficient (Wildman–Crippen LogP) is 4.06. The summed E-state index contributed by atoms with van der Waals surface area (Å²) in [6.45, 7) is 6.61. The van der Waals surface area contributed by atoms with Crippen LogP contribution in [0.4, 0.5) is 0 Å². The lowest BCUT2D eigenvalue weighted by molar-refractivity contribution is 0.456. The van der Waals surface area contributed by atoms with Crippen LogP contribution in [0.25, 0.3) is 0 Å². The van der Waals surface area contributed by atoms with E-state index in [0.717, 1.165) is 12.8 Å². The van der Waals surface area contributed by atoms with Gasteiger partial charge < -0.3 is 5.32 Å². The Bertz CT molecular complexity index is 522. The molecule has 0 aliphatic heterocycles. The van der Waals surface area contributed by atoms with E-state index >= 15 is 0 Å². The lowest BCUT2D eigenvalue weighted by Gasteiger charge is -2.20. The maximum Gasteiger partial charge on any atom is 0.0295 e. The number of rotatable bonds is 6. The van der Waals surface area contributed by atoms with Crippen LogP contribution in [0.2, 0.25) is 0 Å². The molecule has 106 valence electrons. The Kier molecular flexibility index (Phi) is 5.31. The molecule has 20 heavy (non-hydrogen) atoms. The Morgan fingerprint density at radius 1 is 1.10 bits per heavy atom. The van der Waals surface area contributed by atoms with Crippen LogP contribution in [0.5, 0.6) is 0 Å². The minimum absolute atomic E-state index is 0.366. The summed E-state index contributed by atoms with van der Waals surface area (Å²) < 4.78 is 0. The lowest BCUT2D eigenvalue weighted by atomic mass is 10.0. The fourth-order valence-corrected chi connectivity index (χ4v) is 2.51. The van der Waals surface area contributed by atoms with Gasteiger partial charge in [0.05, 0.1) is 0 Å². The molecule has 0 saturated carbocycles. The third-order valence-corrected chi connectivity index (χ3v) is 3.69. The van der Waals surface area contributed by atoms with E-state index in [9.17, 15) is 0 Å². The fourth-order valence-electron chi connectivity index (χ4n) is 2.51. The maximum atomic E-state index is 4.06. The molecule has 1 aromatic carbocycles. The molecule has 2 atom stereocenters. The van der Waals surface area contributed by atoms with Gasteiger partial charge in [0.15, 0.2) is 0 Å². The van der Waals surface area contributed by atoms with Crippen LogP contribution in [0, 0.1) is 6.92 Å². The second kappa shape index (κ2) is 7.20. The second-order valence-corrected chi connectivity index (χ2v) is 5.60. The first kappa shape index (κ1) is 14.7. The second-order valence-electron chi connectivity index (χ2n) is 5.60. The molecule has 1 aromatic heterocycles. The molecule has 2 rings (SSSR count). The van der Waals surface area contributed by atoms with E-state index in [1.807, 2.05) is 12.4 Å². The molecule has 0 aliphatic carbocycles. The highest BCUT2D eigenvalue weighted by Gasteiger charge is 2.09. The van der Waals surface area contributed by atoms with Crippen LogP contribution in [-0.2, 0) is 6.42 Å². The van der Waals surface area contributed by atoms with Crippen molar-refractivity contribution in [1.82, 2.24) is 10.3 Å². The first-order chi connectivity index (χ1) is 9.65. The molecule has 0 amide bonds. The number of pyridine rings is 1. The number of hydrogen-bond donors (Lipinski definition) is 1. The van der Waals surface area contributed by atoms with E-state index in [1.165, 1.54) is 16.7 Å². The summed E-state index contributed by atoms with van der Waals surface area (Å²) in [5.74, 6) is 0. The number of nitrogens with zero attached hydrogens (tertiary/aromatic N) is 1. The topological polar surface area (TPSA) is 24.9 Å². The summed E-state index contributed by atoms with van der Waals surface area (Å²) in [6.07, 6.45) is 5.98. The molecular weight excluding hydrogens is 244 g/mol. The molecule has 1 unspecified atom stereocenters. The molecule has 0 aliphatic rings. The minimum Gasteiger partial charge on any atom is -0.308 e. The Morgan fingerprint density at radius 2 is 1.85 bits per heavy atom. The van der Waals surface area contributed by atoms with Gasteiger partial charge in [0, 0.05) is 24.5 Å². The van der Waals surface area contributed by atoms with Gasteiger partial charge in [-0.1, -0.05) is 29.8 Å². The molecule has 0 bridgehead atoms. The van der Waals surface area contributed by atoms with E-state index < -0.39 is 0 Å². The van der Waals surface area contributed by atoms with Crippen LogP contribution in [0.3, 0.4) is 0 Å². The van der Waals surface area contributed by atoms with Crippen molar-refractivity contribution < 1.29 is 0 Å². The van der Waals surface area contributed by atoms with E-state index in [0.29, 0.717) is 12.1 Å². The van der Waals surface area contributed by atoms with Gasteiger partial charge in [-0.05, 0) is 56.9 Å². The summed E-state index contributed by atoms with van der Waals surface area (Å²) in [5, 5.41) is 3.65. The van der Waals surface area contributed by atoms with Crippen LogP contribution in [0.1, 0.15) is 43.0 Å². The Balaban J connectivity index is 1.82. The smallest absolute Gasteiger partial charge is 0.0295 e. The van der Waals surface area contributed by atoms with Gasteiger partial charge in [-0.3, -0.25) is 4.98 Å². The van der Waals surface area contributed by atoms with E-state index in [-0.39, 0.29) is 0 Å². The molecule has 0 fully saturated rings. The van der Waals surface area contributed by atoms with E-state index in [1.54, 1.807) is 0 Å². The van der Waals surface area contributed by atoms with Crippen LogP contribution >= 0.6 is 0 Å². The van der Waals surface area contributed by atoms with E-state index in [4.69, 9.17) is 0 Å². The molecular formula is C18H24N2. The van der Waals surface area contributed by atoms with Gasteiger partial charge in [-0.2, -0.15) is 0 Å². The molecule has 0 saturated heterocycles. The normalized spacial score (nSPS) is 13.9. The number of nitrogens with one attached hydrogen (secondary N) is 1. The molecule has 1 N–H and O–H groups in total. The van der Waals surface area contributed by atoms with Crippen LogP contribution in [0.15, 0.2) is 48.8 Å². The monoisotopic (exact) mass is 268 g/mol. The highest BCUT2D eigenvalue weighted by molar-refractivity contribution is 5.22. The van der Waals surface area contributed by atoms with Gasteiger partial charge in [-0.15, -0.1) is 0 Å². The van der Waals surface area contributed by atoms with Crippen LogP contribution < -0.4 is 5.32 Å².